The zero-order chi connectivity index (χ0) is 17.2. The first-order chi connectivity index (χ1) is 10.7. The van der Waals surface area contributed by atoms with Crippen molar-refractivity contribution in [2.75, 3.05) is 13.7 Å². The Morgan fingerprint density at radius 3 is 2.83 bits per heavy atom. The number of phosphoric acid groups is 1. The number of carbonyl (C=O) groups excluding carboxylic acids is 1. The van der Waals surface area contributed by atoms with Crippen LogP contribution in [0.2, 0.25) is 0 Å². The lowest BCUT2D eigenvalue weighted by molar-refractivity contribution is -0.114. The van der Waals surface area contributed by atoms with E-state index in [2.05, 4.69) is 9.05 Å². The Labute approximate surface area is 132 Å². The summed E-state index contributed by atoms with van der Waals surface area (Å²) in [5.74, 6) is -0.603. The highest BCUT2D eigenvalue weighted by Crippen LogP contribution is 2.42. The Hall–Kier alpha value is -1.26. The van der Waals surface area contributed by atoms with E-state index >= 15 is 0 Å². The summed E-state index contributed by atoms with van der Waals surface area (Å²) in [5, 5.41) is 20.1. The molecule has 23 heavy (non-hydrogen) atoms. The Balaban J connectivity index is 2.05. The highest BCUT2D eigenvalue weighted by Gasteiger charge is 2.45. The molecule has 1 fully saturated rings. The summed E-state index contributed by atoms with van der Waals surface area (Å²) in [6.07, 6.45) is 0.275. The van der Waals surface area contributed by atoms with Crippen LogP contribution in [0.1, 0.15) is 6.42 Å². The van der Waals surface area contributed by atoms with Crippen molar-refractivity contribution >= 4 is 13.7 Å². The van der Waals surface area contributed by atoms with Crippen LogP contribution in [0.25, 0.3) is 0 Å². The minimum atomic E-state index is -4.22. The van der Waals surface area contributed by atoms with Gasteiger partial charge in [-0.3, -0.25) is 13.8 Å². The van der Waals surface area contributed by atoms with Crippen molar-refractivity contribution in [3.63, 3.8) is 0 Å². The lowest BCUT2D eigenvalue weighted by Crippen LogP contribution is -2.40. The van der Waals surface area contributed by atoms with Crippen LogP contribution in [0.3, 0.4) is 0 Å². The van der Waals surface area contributed by atoms with Crippen molar-refractivity contribution in [2.24, 2.45) is 5.73 Å². The summed E-state index contributed by atoms with van der Waals surface area (Å²) < 4.78 is 25.6. The van der Waals surface area contributed by atoms with Crippen molar-refractivity contribution in [2.45, 2.75) is 31.0 Å². The van der Waals surface area contributed by atoms with Gasteiger partial charge in [-0.25, -0.2) is 4.57 Å². The van der Waals surface area contributed by atoms with Gasteiger partial charge in [0.15, 0.2) is 6.23 Å². The minimum Gasteiger partial charge on any atom is -0.387 e. The fraction of sp³-hybridized carbons (Fsp3) is 0.583. The number of aliphatic hydroxyl groups is 2. The summed E-state index contributed by atoms with van der Waals surface area (Å²) in [6.45, 7) is -0.458. The SMILES string of the molecule is COP(=O)(O)OC[C@H]1O[C@H](N2C=CCC(C(N)=O)=C2)[C@H](O)[C@@H]1O. The van der Waals surface area contributed by atoms with Gasteiger partial charge in [0.2, 0.25) is 5.91 Å². The second-order valence-electron chi connectivity index (χ2n) is 5.05. The number of nitrogens with zero attached hydrogens (tertiary/aromatic N) is 1. The Bertz CT molecular complexity index is 565. The summed E-state index contributed by atoms with van der Waals surface area (Å²) in [6, 6.07) is 0. The van der Waals surface area contributed by atoms with Crippen LogP contribution >= 0.6 is 7.82 Å². The lowest BCUT2D eigenvalue weighted by atomic mass is 10.1. The van der Waals surface area contributed by atoms with Crippen LogP contribution < -0.4 is 5.73 Å². The molecule has 0 aromatic carbocycles. The van der Waals surface area contributed by atoms with Gasteiger partial charge in [-0.1, -0.05) is 6.08 Å². The highest BCUT2D eigenvalue weighted by atomic mass is 31.2. The number of phosphoric ester groups is 1. The quantitative estimate of drug-likeness (QED) is 0.432. The molecule has 0 aromatic heterocycles. The van der Waals surface area contributed by atoms with E-state index in [-0.39, 0.29) is 0 Å². The fourth-order valence-corrected chi connectivity index (χ4v) is 2.67. The molecule has 1 unspecified atom stereocenters. The number of allylic oxidation sites excluding steroid dienone is 1. The van der Waals surface area contributed by atoms with Crippen molar-refractivity contribution in [1.82, 2.24) is 4.90 Å². The van der Waals surface area contributed by atoms with E-state index in [0.29, 0.717) is 12.0 Å². The molecule has 1 amide bonds. The standard InChI is InChI=1S/C12H19N2O8P/c1-20-23(18,19)21-6-8-9(15)10(16)12(22-8)14-4-2-3-7(5-14)11(13)17/h2,4-5,8-10,12,15-16H,3,6H2,1H3,(H2,13,17)(H,18,19)/t8-,9-,10-,12+/m1/s1. The van der Waals surface area contributed by atoms with Crippen LogP contribution in [-0.4, -0.2) is 64.2 Å². The predicted octanol–water partition coefficient (Wildman–Crippen LogP) is -1.21. The highest BCUT2D eigenvalue weighted by molar-refractivity contribution is 7.47. The molecule has 130 valence electrons. The molecule has 0 saturated carbocycles. The van der Waals surface area contributed by atoms with E-state index in [0.717, 1.165) is 7.11 Å². The monoisotopic (exact) mass is 350 g/mol. The second kappa shape index (κ2) is 7.10. The maximum atomic E-state index is 11.3. The van der Waals surface area contributed by atoms with E-state index in [1.807, 2.05) is 0 Å². The maximum absolute atomic E-state index is 11.3. The van der Waals surface area contributed by atoms with Gasteiger partial charge in [0.1, 0.15) is 18.3 Å². The number of carbonyl (C=O) groups is 1. The first kappa shape index (κ1) is 18.1. The zero-order valence-corrected chi connectivity index (χ0v) is 13.2. The Morgan fingerprint density at radius 2 is 2.22 bits per heavy atom. The number of primary amides is 1. The molecule has 5 N–H and O–H groups in total. The molecule has 2 rings (SSSR count). The Morgan fingerprint density at radius 1 is 1.52 bits per heavy atom. The molecule has 5 atom stereocenters. The van der Waals surface area contributed by atoms with Gasteiger partial charge < -0.3 is 30.5 Å². The molecule has 1 saturated heterocycles. The maximum Gasteiger partial charge on any atom is 0.472 e. The number of ether oxygens (including phenoxy) is 1. The van der Waals surface area contributed by atoms with Gasteiger partial charge in [-0.15, -0.1) is 0 Å². The van der Waals surface area contributed by atoms with E-state index in [4.69, 9.17) is 10.5 Å². The van der Waals surface area contributed by atoms with Gasteiger partial charge >= 0.3 is 7.82 Å². The third-order valence-corrected chi connectivity index (χ3v) is 4.44. The topological polar surface area (TPSA) is 152 Å². The summed E-state index contributed by atoms with van der Waals surface area (Å²) in [5.41, 5.74) is 5.53. The van der Waals surface area contributed by atoms with Crippen LogP contribution in [0.5, 0.6) is 0 Å². The fourth-order valence-electron chi connectivity index (χ4n) is 2.23. The third-order valence-electron chi connectivity index (χ3n) is 3.50. The second-order valence-corrected chi connectivity index (χ2v) is 6.61. The van der Waals surface area contributed by atoms with E-state index in [1.165, 1.54) is 11.1 Å². The molecule has 2 heterocycles. The minimum absolute atomic E-state index is 0.316. The van der Waals surface area contributed by atoms with E-state index in [1.54, 1.807) is 12.3 Å². The summed E-state index contributed by atoms with van der Waals surface area (Å²) in [7, 11) is -3.22. The lowest BCUT2D eigenvalue weighted by Gasteiger charge is -2.28. The predicted molar refractivity (Wildman–Crippen MR) is 76.3 cm³/mol. The molecule has 0 aliphatic carbocycles. The number of amides is 1. The molecule has 0 aromatic rings. The van der Waals surface area contributed by atoms with Gasteiger partial charge in [-0.05, 0) is 6.42 Å². The van der Waals surface area contributed by atoms with Crippen molar-refractivity contribution < 1.29 is 38.3 Å². The number of nitrogens with two attached hydrogens (primary N) is 1. The number of rotatable bonds is 6. The van der Waals surface area contributed by atoms with Crippen LogP contribution in [-0.2, 0) is 23.1 Å². The molecule has 0 bridgehead atoms. The number of hydrogen-bond acceptors (Lipinski definition) is 8. The normalized spacial score (nSPS) is 33.4. The molecule has 0 spiro atoms. The molecule has 2 aliphatic rings. The summed E-state index contributed by atoms with van der Waals surface area (Å²) >= 11 is 0. The van der Waals surface area contributed by atoms with Gasteiger partial charge in [0.05, 0.1) is 6.61 Å². The molecule has 0 radical (unpaired) electrons. The molecule has 2 aliphatic heterocycles. The first-order valence-electron chi connectivity index (χ1n) is 6.74. The summed E-state index contributed by atoms with van der Waals surface area (Å²) in [4.78, 5) is 21.8. The molecular weight excluding hydrogens is 331 g/mol. The number of hydrogen-bond donors (Lipinski definition) is 4. The third kappa shape index (κ3) is 4.18. The smallest absolute Gasteiger partial charge is 0.387 e. The van der Waals surface area contributed by atoms with Crippen molar-refractivity contribution in [3.05, 3.63) is 24.0 Å². The van der Waals surface area contributed by atoms with Gasteiger partial charge in [0, 0.05) is 25.1 Å². The van der Waals surface area contributed by atoms with Crippen molar-refractivity contribution in [3.8, 4) is 0 Å². The zero-order valence-electron chi connectivity index (χ0n) is 12.3. The molecule has 11 heteroatoms. The molecular formula is C12H19N2O8P. The number of aliphatic hydroxyl groups excluding tert-OH is 2. The van der Waals surface area contributed by atoms with E-state index < -0.39 is 44.9 Å². The van der Waals surface area contributed by atoms with Crippen LogP contribution in [0, 0.1) is 0 Å². The van der Waals surface area contributed by atoms with E-state index in [9.17, 15) is 24.5 Å². The largest absolute Gasteiger partial charge is 0.472 e. The average Bonchev–Trinajstić information content (AvgIpc) is 2.81. The molecule has 10 nitrogen and oxygen atoms in total. The van der Waals surface area contributed by atoms with Crippen LogP contribution in [0.4, 0.5) is 0 Å². The average molecular weight is 350 g/mol. The Kier molecular flexibility index (Phi) is 5.58. The van der Waals surface area contributed by atoms with Gasteiger partial charge in [0.25, 0.3) is 0 Å². The van der Waals surface area contributed by atoms with Crippen molar-refractivity contribution in [1.29, 1.82) is 0 Å². The first-order valence-corrected chi connectivity index (χ1v) is 8.24. The van der Waals surface area contributed by atoms with Crippen LogP contribution in [0.15, 0.2) is 24.0 Å². The van der Waals surface area contributed by atoms with Gasteiger partial charge in [-0.2, -0.15) is 0 Å².